The molecular formula is C20H27N3O2. The van der Waals surface area contributed by atoms with Crippen LogP contribution in [-0.4, -0.2) is 40.5 Å². The zero-order valence-electron chi connectivity index (χ0n) is 15.4. The molecule has 5 heteroatoms. The van der Waals surface area contributed by atoms with Crippen molar-refractivity contribution in [1.82, 2.24) is 15.0 Å². The SMILES string of the molecule is Cc1cccc(CN2CC[C@@H](N(C)Cc3cc(C)no3)CCC2=O)c1. The molecule has 1 aromatic carbocycles. The van der Waals surface area contributed by atoms with Crippen molar-refractivity contribution in [3.05, 3.63) is 52.9 Å². The quantitative estimate of drug-likeness (QED) is 0.837. The normalized spacial score (nSPS) is 18.6. The Morgan fingerprint density at radius 3 is 2.84 bits per heavy atom. The van der Waals surface area contributed by atoms with E-state index in [1.165, 1.54) is 11.1 Å². The monoisotopic (exact) mass is 341 g/mol. The van der Waals surface area contributed by atoms with Crippen LogP contribution in [0.2, 0.25) is 0 Å². The third-order valence-electron chi connectivity index (χ3n) is 4.94. The maximum absolute atomic E-state index is 12.5. The number of amides is 1. The average molecular weight is 341 g/mol. The number of aromatic nitrogens is 1. The molecule has 25 heavy (non-hydrogen) atoms. The Hall–Kier alpha value is -2.14. The van der Waals surface area contributed by atoms with Crippen molar-refractivity contribution in [2.75, 3.05) is 13.6 Å². The second-order valence-electron chi connectivity index (χ2n) is 7.14. The van der Waals surface area contributed by atoms with Crippen LogP contribution < -0.4 is 0 Å². The van der Waals surface area contributed by atoms with Gasteiger partial charge >= 0.3 is 0 Å². The van der Waals surface area contributed by atoms with Crippen molar-refractivity contribution < 1.29 is 9.32 Å². The van der Waals surface area contributed by atoms with E-state index in [4.69, 9.17) is 4.52 Å². The van der Waals surface area contributed by atoms with Crippen LogP contribution in [0.5, 0.6) is 0 Å². The van der Waals surface area contributed by atoms with Crippen LogP contribution in [-0.2, 0) is 17.9 Å². The number of aryl methyl sites for hydroxylation is 2. The molecule has 1 aromatic heterocycles. The Bertz CT molecular complexity index is 725. The second kappa shape index (κ2) is 7.83. The van der Waals surface area contributed by atoms with E-state index in [-0.39, 0.29) is 5.91 Å². The molecule has 0 spiro atoms. The first-order chi connectivity index (χ1) is 12.0. The Balaban J connectivity index is 1.59. The van der Waals surface area contributed by atoms with Gasteiger partial charge in [-0.1, -0.05) is 35.0 Å². The number of benzene rings is 1. The van der Waals surface area contributed by atoms with Gasteiger partial charge in [0.05, 0.1) is 12.2 Å². The molecular weight excluding hydrogens is 314 g/mol. The van der Waals surface area contributed by atoms with Crippen LogP contribution in [0.4, 0.5) is 0 Å². The lowest BCUT2D eigenvalue weighted by Crippen LogP contribution is -2.33. The predicted molar refractivity (Wildman–Crippen MR) is 96.9 cm³/mol. The molecule has 1 aliphatic rings. The molecule has 1 saturated heterocycles. The minimum absolute atomic E-state index is 0.257. The summed E-state index contributed by atoms with van der Waals surface area (Å²) in [7, 11) is 2.10. The number of carbonyl (C=O) groups is 1. The molecule has 0 bridgehead atoms. The van der Waals surface area contributed by atoms with Crippen LogP contribution in [0.15, 0.2) is 34.9 Å². The molecule has 134 valence electrons. The Morgan fingerprint density at radius 2 is 2.12 bits per heavy atom. The van der Waals surface area contributed by atoms with Gasteiger partial charge in [0.2, 0.25) is 5.91 Å². The van der Waals surface area contributed by atoms with Gasteiger partial charge in [0.15, 0.2) is 5.76 Å². The van der Waals surface area contributed by atoms with E-state index < -0.39 is 0 Å². The lowest BCUT2D eigenvalue weighted by Gasteiger charge is -2.26. The van der Waals surface area contributed by atoms with Gasteiger partial charge in [-0.25, -0.2) is 0 Å². The summed E-state index contributed by atoms with van der Waals surface area (Å²) in [5.41, 5.74) is 3.35. The Kier molecular flexibility index (Phi) is 5.53. The van der Waals surface area contributed by atoms with E-state index in [0.29, 0.717) is 19.0 Å². The predicted octanol–water partition coefficient (Wildman–Crippen LogP) is 3.30. The molecule has 0 saturated carbocycles. The first-order valence-electron chi connectivity index (χ1n) is 8.97. The molecule has 0 aliphatic carbocycles. The third kappa shape index (κ3) is 4.69. The largest absolute Gasteiger partial charge is 0.360 e. The molecule has 2 heterocycles. The van der Waals surface area contributed by atoms with Gasteiger partial charge in [-0.2, -0.15) is 0 Å². The number of hydrogen-bond acceptors (Lipinski definition) is 4. The molecule has 1 fully saturated rings. The Morgan fingerprint density at radius 1 is 1.28 bits per heavy atom. The minimum Gasteiger partial charge on any atom is -0.360 e. The highest BCUT2D eigenvalue weighted by atomic mass is 16.5. The fraction of sp³-hybridized carbons (Fsp3) is 0.500. The lowest BCUT2D eigenvalue weighted by atomic mass is 10.1. The minimum atomic E-state index is 0.257. The summed E-state index contributed by atoms with van der Waals surface area (Å²) in [5, 5.41) is 3.95. The third-order valence-corrected chi connectivity index (χ3v) is 4.94. The summed E-state index contributed by atoms with van der Waals surface area (Å²) in [5.74, 6) is 1.14. The van der Waals surface area contributed by atoms with E-state index in [1.807, 2.05) is 17.9 Å². The zero-order chi connectivity index (χ0) is 17.8. The van der Waals surface area contributed by atoms with Crippen LogP contribution in [0.3, 0.4) is 0 Å². The summed E-state index contributed by atoms with van der Waals surface area (Å²) >= 11 is 0. The number of carbonyl (C=O) groups excluding carboxylic acids is 1. The van der Waals surface area contributed by atoms with Gasteiger partial charge in [0.25, 0.3) is 0 Å². The Labute approximate surface area is 149 Å². The van der Waals surface area contributed by atoms with E-state index in [0.717, 1.165) is 37.4 Å². The summed E-state index contributed by atoms with van der Waals surface area (Å²) in [6.45, 7) is 6.26. The van der Waals surface area contributed by atoms with Crippen LogP contribution in [0.1, 0.15) is 41.8 Å². The van der Waals surface area contributed by atoms with E-state index in [1.54, 1.807) is 0 Å². The first kappa shape index (κ1) is 17.7. The first-order valence-corrected chi connectivity index (χ1v) is 8.97. The molecule has 0 unspecified atom stereocenters. The lowest BCUT2D eigenvalue weighted by molar-refractivity contribution is -0.131. The number of likely N-dealkylation sites (tertiary alicyclic amines) is 1. The molecule has 0 N–H and O–H groups in total. The highest BCUT2D eigenvalue weighted by Gasteiger charge is 2.25. The zero-order valence-corrected chi connectivity index (χ0v) is 15.4. The summed E-state index contributed by atoms with van der Waals surface area (Å²) in [6.07, 6.45) is 2.49. The van der Waals surface area contributed by atoms with Gasteiger partial charge in [0.1, 0.15) is 0 Å². The van der Waals surface area contributed by atoms with Gasteiger partial charge < -0.3 is 9.42 Å². The van der Waals surface area contributed by atoms with E-state index in [2.05, 4.69) is 48.3 Å². The average Bonchev–Trinajstić information content (AvgIpc) is 2.88. The van der Waals surface area contributed by atoms with Gasteiger partial charge in [0, 0.05) is 31.6 Å². The topological polar surface area (TPSA) is 49.6 Å². The van der Waals surface area contributed by atoms with Crippen molar-refractivity contribution in [1.29, 1.82) is 0 Å². The summed E-state index contributed by atoms with van der Waals surface area (Å²) in [4.78, 5) is 16.8. The molecule has 3 rings (SSSR count). The molecule has 1 amide bonds. The van der Waals surface area contributed by atoms with Crippen LogP contribution >= 0.6 is 0 Å². The van der Waals surface area contributed by atoms with Crippen molar-refractivity contribution in [2.45, 2.75) is 52.2 Å². The summed E-state index contributed by atoms with van der Waals surface area (Å²) < 4.78 is 5.32. The standard InChI is InChI=1S/C20H27N3O2/c1-15-5-4-6-17(11-15)13-23-10-9-18(7-8-20(23)24)22(3)14-19-12-16(2)21-25-19/h4-6,11-12,18H,7-10,13-14H2,1-3H3/t18-/m0/s1. The fourth-order valence-corrected chi connectivity index (χ4v) is 3.53. The van der Waals surface area contributed by atoms with Gasteiger partial charge in [-0.3, -0.25) is 9.69 Å². The highest BCUT2D eigenvalue weighted by molar-refractivity contribution is 5.76. The molecule has 5 nitrogen and oxygen atoms in total. The van der Waals surface area contributed by atoms with Gasteiger partial charge in [-0.05, 0) is 39.3 Å². The van der Waals surface area contributed by atoms with E-state index in [9.17, 15) is 4.79 Å². The number of rotatable bonds is 5. The maximum atomic E-state index is 12.5. The fourth-order valence-electron chi connectivity index (χ4n) is 3.53. The van der Waals surface area contributed by atoms with Crippen molar-refractivity contribution >= 4 is 5.91 Å². The number of nitrogens with zero attached hydrogens (tertiary/aromatic N) is 3. The van der Waals surface area contributed by atoms with Crippen LogP contribution in [0.25, 0.3) is 0 Å². The van der Waals surface area contributed by atoms with E-state index >= 15 is 0 Å². The highest BCUT2D eigenvalue weighted by Crippen LogP contribution is 2.20. The smallest absolute Gasteiger partial charge is 0.222 e. The van der Waals surface area contributed by atoms with Crippen LogP contribution in [0, 0.1) is 13.8 Å². The summed E-state index contributed by atoms with van der Waals surface area (Å²) in [6, 6.07) is 10.8. The number of hydrogen-bond donors (Lipinski definition) is 0. The van der Waals surface area contributed by atoms with Gasteiger partial charge in [-0.15, -0.1) is 0 Å². The molecule has 1 atom stereocenters. The van der Waals surface area contributed by atoms with Crippen molar-refractivity contribution in [3.8, 4) is 0 Å². The second-order valence-corrected chi connectivity index (χ2v) is 7.14. The molecule has 1 aliphatic heterocycles. The molecule has 2 aromatic rings. The maximum Gasteiger partial charge on any atom is 0.222 e. The van der Waals surface area contributed by atoms with Crippen molar-refractivity contribution in [2.24, 2.45) is 0 Å². The van der Waals surface area contributed by atoms with Crippen molar-refractivity contribution in [3.63, 3.8) is 0 Å². The molecule has 0 radical (unpaired) electrons.